The van der Waals surface area contributed by atoms with E-state index in [1.54, 1.807) is 0 Å². The number of carbonyl (C=O) groups is 2. The highest BCUT2D eigenvalue weighted by molar-refractivity contribution is 5.78. The summed E-state index contributed by atoms with van der Waals surface area (Å²) in [6, 6.07) is 10.5. The van der Waals surface area contributed by atoms with Crippen LogP contribution in [0.1, 0.15) is 50.5 Å². The van der Waals surface area contributed by atoms with Gasteiger partial charge in [-0.2, -0.15) is 0 Å². The summed E-state index contributed by atoms with van der Waals surface area (Å²) in [6.45, 7) is 3.62. The van der Waals surface area contributed by atoms with Gasteiger partial charge in [-0.05, 0) is 44.3 Å². The van der Waals surface area contributed by atoms with Gasteiger partial charge in [0.15, 0.2) is 0 Å². The number of nitrogens with zero attached hydrogens (tertiary/aromatic N) is 1. The molecule has 1 saturated heterocycles. The van der Waals surface area contributed by atoms with Gasteiger partial charge in [0.25, 0.3) is 0 Å². The van der Waals surface area contributed by atoms with Crippen molar-refractivity contribution >= 4 is 11.9 Å². The van der Waals surface area contributed by atoms with Gasteiger partial charge < -0.3 is 10.4 Å². The Morgan fingerprint density at radius 3 is 2.40 bits per heavy atom. The number of piperidine rings is 1. The molecule has 25 heavy (non-hydrogen) atoms. The second kappa shape index (κ2) is 10.9. The maximum atomic E-state index is 12.2. The summed E-state index contributed by atoms with van der Waals surface area (Å²) < 4.78 is 0. The van der Waals surface area contributed by atoms with Crippen LogP contribution in [0.2, 0.25) is 0 Å². The highest BCUT2D eigenvalue weighted by atomic mass is 16.4. The molecule has 0 aliphatic carbocycles. The lowest BCUT2D eigenvalue weighted by atomic mass is 9.95. The van der Waals surface area contributed by atoms with Crippen molar-refractivity contribution in [2.45, 2.75) is 51.5 Å². The van der Waals surface area contributed by atoms with Crippen molar-refractivity contribution in [2.75, 3.05) is 19.6 Å². The third kappa shape index (κ3) is 7.69. The smallest absolute Gasteiger partial charge is 0.303 e. The molecule has 1 aliphatic rings. The highest BCUT2D eigenvalue weighted by Crippen LogP contribution is 2.19. The molecule has 1 aromatic rings. The van der Waals surface area contributed by atoms with Gasteiger partial charge in [0.1, 0.15) is 0 Å². The molecule has 2 rings (SSSR count). The van der Waals surface area contributed by atoms with Crippen LogP contribution in [0, 0.1) is 5.92 Å². The zero-order chi connectivity index (χ0) is 17.9. The van der Waals surface area contributed by atoms with Crippen molar-refractivity contribution in [3.63, 3.8) is 0 Å². The summed E-state index contributed by atoms with van der Waals surface area (Å²) in [4.78, 5) is 25.1. The lowest BCUT2D eigenvalue weighted by Gasteiger charge is -2.31. The van der Waals surface area contributed by atoms with E-state index in [1.165, 1.54) is 5.56 Å². The molecule has 0 radical (unpaired) electrons. The van der Waals surface area contributed by atoms with Gasteiger partial charge in [-0.3, -0.25) is 14.5 Å². The molecule has 0 atom stereocenters. The van der Waals surface area contributed by atoms with E-state index in [0.717, 1.165) is 58.2 Å². The van der Waals surface area contributed by atoms with Crippen molar-refractivity contribution in [3.8, 4) is 0 Å². The number of amides is 1. The molecule has 1 amide bonds. The van der Waals surface area contributed by atoms with Gasteiger partial charge in [-0.15, -0.1) is 0 Å². The molecule has 2 N–H and O–H groups in total. The Hall–Kier alpha value is -1.88. The molecule has 0 bridgehead atoms. The average Bonchev–Trinajstić information content (AvgIpc) is 2.62. The Labute approximate surface area is 150 Å². The first kappa shape index (κ1) is 19.4. The number of hydrogen-bond acceptors (Lipinski definition) is 3. The summed E-state index contributed by atoms with van der Waals surface area (Å²) >= 11 is 0. The van der Waals surface area contributed by atoms with Gasteiger partial charge in [0.2, 0.25) is 5.91 Å². The van der Waals surface area contributed by atoms with Crippen LogP contribution in [0.4, 0.5) is 0 Å². The molecule has 1 heterocycles. The quantitative estimate of drug-likeness (QED) is 0.639. The van der Waals surface area contributed by atoms with Crippen molar-refractivity contribution in [3.05, 3.63) is 35.9 Å². The molecule has 1 fully saturated rings. The molecular formula is C20H30N2O3. The van der Waals surface area contributed by atoms with Crippen LogP contribution in [0.15, 0.2) is 30.3 Å². The monoisotopic (exact) mass is 346 g/mol. The third-order valence-corrected chi connectivity index (χ3v) is 4.82. The van der Waals surface area contributed by atoms with Crippen LogP contribution in [-0.2, 0) is 16.1 Å². The number of carboxylic acids is 1. The molecule has 0 saturated carbocycles. The SMILES string of the molecule is O=C(O)CCCCCCNC(=O)C1CCN(Cc2ccccc2)CC1. The van der Waals surface area contributed by atoms with Crippen LogP contribution >= 0.6 is 0 Å². The Balaban J connectivity index is 1.54. The maximum absolute atomic E-state index is 12.2. The maximum Gasteiger partial charge on any atom is 0.303 e. The molecule has 0 spiro atoms. The zero-order valence-electron chi connectivity index (χ0n) is 15.0. The van der Waals surface area contributed by atoms with E-state index in [9.17, 15) is 9.59 Å². The number of carbonyl (C=O) groups excluding carboxylic acids is 1. The largest absolute Gasteiger partial charge is 0.481 e. The van der Waals surface area contributed by atoms with E-state index < -0.39 is 5.97 Å². The predicted molar refractivity (Wildman–Crippen MR) is 98.2 cm³/mol. The Kier molecular flexibility index (Phi) is 8.46. The minimum Gasteiger partial charge on any atom is -0.481 e. The average molecular weight is 346 g/mol. The van der Waals surface area contributed by atoms with Crippen LogP contribution < -0.4 is 5.32 Å². The molecule has 0 aromatic heterocycles. The van der Waals surface area contributed by atoms with Crippen LogP contribution in [-0.4, -0.2) is 41.5 Å². The Morgan fingerprint density at radius 2 is 1.72 bits per heavy atom. The minimum atomic E-state index is -0.730. The van der Waals surface area contributed by atoms with E-state index in [-0.39, 0.29) is 18.2 Å². The molecule has 1 aliphatic heterocycles. The number of hydrogen-bond donors (Lipinski definition) is 2. The van der Waals surface area contributed by atoms with Crippen molar-refractivity contribution in [2.24, 2.45) is 5.92 Å². The normalized spacial score (nSPS) is 15.8. The molecule has 5 heteroatoms. The van der Waals surface area contributed by atoms with E-state index in [2.05, 4.69) is 34.5 Å². The number of unbranched alkanes of at least 4 members (excludes halogenated alkanes) is 3. The molecule has 138 valence electrons. The lowest BCUT2D eigenvalue weighted by Crippen LogP contribution is -2.40. The first-order valence-corrected chi connectivity index (χ1v) is 9.41. The highest BCUT2D eigenvalue weighted by Gasteiger charge is 2.24. The van der Waals surface area contributed by atoms with Crippen molar-refractivity contribution in [1.29, 1.82) is 0 Å². The fraction of sp³-hybridized carbons (Fsp3) is 0.600. The lowest BCUT2D eigenvalue weighted by molar-refractivity contribution is -0.137. The molecule has 1 aromatic carbocycles. The number of nitrogens with one attached hydrogen (secondary N) is 1. The minimum absolute atomic E-state index is 0.138. The van der Waals surface area contributed by atoms with Crippen LogP contribution in [0.25, 0.3) is 0 Å². The van der Waals surface area contributed by atoms with Crippen molar-refractivity contribution in [1.82, 2.24) is 10.2 Å². The van der Waals surface area contributed by atoms with Crippen LogP contribution in [0.5, 0.6) is 0 Å². The van der Waals surface area contributed by atoms with Gasteiger partial charge in [0, 0.05) is 25.4 Å². The standard InChI is InChI=1S/C20H30N2O3/c23-19(24)10-6-1-2-7-13-21-20(25)18-11-14-22(15-12-18)16-17-8-4-3-5-9-17/h3-5,8-9,18H,1-2,6-7,10-16H2,(H,21,25)(H,23,24). The number of rotatable bonds is 10. The Morgan fingerprint density at radius 1 is 1.04 bits per heavy atom. The number of carboxylic acid groups (broad SMARTS) is 1. The van der Waals surface area contributed by atoms with E-state index in [4.69, 9.17) is 5.11 Å². The Bertz CT molecular complexity index is 525. The first-order valence-electron chi connectivity index (χ1n) is 9.41. The summed E-state index contributed by atoms with van der Waals surface area (Å²) in [5.41, 5.74) is 1.33. The van der Waals surface area contributed by atoms with Gasteiger partial charge in [-0.25, -0.2) is 0 Å². The van der Waals surface area contributed by atoms with Gasteiger partial charge in [0.05, 0.1) is 0 Å². The fourth-order valence-corrected chi connectivity index (χ4v) is 3.31. The summed E-state index contributed by atoms with van der Waals surface area (Å²) in [5, 5.41) is 11.6. The second-order valence-electron chi connectivity index (χ2n) is 6.88. The zero-order valence-corrected chi connectivity index (χ0v) is 15.0. The van der Waals surface area contributed by atoms with Gasteiger partial charge >= 0.3 is 5.97 Å². The fourth-order valence-electron chi connectivity index (χ4n) is 3.31. The van der Waals surface area contributed by atoms with Crippen LogP contribution in [0.3, 0.4) is 0 Å². The number of aliphatic carboxylic acids is 1. The van der Waals surface area contributed by atoms with E-state index in [0.29, 0.717) is 6.54 Å². The molecular weight excluding hydrogens is 316 g/mol. The number of likely N-dealkylation sites (tertiary alicyclic amines) is 1. The topological polar surface area (TPSA) is 69.6 Å². The molecule has 5 nitrogen and oxygen atoms in total. The van der Waals surface area contributed by atoms with Gasteiger partial charge in [-0.1, -0.05) is 43.2 Å². The first-order chi connectivity index (χ1) is 12.1. The summed E-state index contributed by atoms with van der Waals surface area (Å²) in [6.07, 6.45) is 5.65. The summed E-state index contributed by atoms with van der Waals surface area (Å²) in [7, 11) is 0. The predicted octanol–water partition coefficient (Wildman–Crippen LogP) is 3.05. The third-order valence-electron chi connectivity index (χ3n) is 4.82. The van der Waals surface area contributed by atoms with Crippen molar-refractivity contribution < 1.29 is 14.7 Å². The number of benzene rings is 1. The second-order valence-corrected chi connectivity index (χ2v) is 6.88. The molecule has 0 unspecified atom stereocenters. The van der Waals surface area contributed by atoms with E-state index in [1.807, 2.05) is 6.07 Å². The van der Waals surface area contributed by atoms with E-state index >= 15 is 0 Å². The summed E-state index contributed by atoms with van der Waals surface area (Å²) in [5.74, 6) is -0.407.